The minimum absolute atomic E-state index is 0.0710. The number of amides is 1. The highest BCUT2D eigenvalue weighted by Crippen LogP contribution is 2.64. The number of nitrogens with one attached hydrogen (secondary N) is 1. The summed E-state index contributed by atoms with van der Waals surface area (Å²) in [5.41, 5.74) is 0.303. The molecule has 11 heteroatoms. The Bertz CT molecular complexity index is 1530. The fourth-order valence-electron chi connectivity index (χ4n) is 7.47. The lowest BCUT2D eigenvalue weighted by atomic mass is 9.50. The minimum atomic E-state index is -1.28. The monoisotopic (exact) mass is 620 g/mol. The maximum atomic E-state index is 13.1. The molecule has 0 aromatic heterocycles. The Balaban J connectivity index is 1.15. The van der Waals surface area contributed by atoms with Crippen LogP contribution >= 0.6 is 0 Å². The van der Waals surface area contributed by atoms with Crippen molar-refractivity contribution in [2.45, 2.75) is 87.9 Å². The molecule has 11 nitrogen and oxygen atoms in total. The van der Waals surface area contributed by atoms with Crippen LogP contribution in [0.25, 0.3) is 0 Å². The number of carbonyl (C=O) groups is 3. The molecule has 2 heterocycles. The predicted molar refractivity (Wildman–Crippen MR) is 161 cm³/mol. The molecular weight excluding hydrogens is 580 g/mol. The average Bonchev–Trinajstić information content (AvgIpc) is 3.34. The maximum Gasteiger partial charge on any atom is 0.509 e. The summed E-state index contributed by atoms with van der Waals surface area (Å²) in [6, 6.07) is 12.3. The van der Waals surface area contributed by atoms with Crippen LogP contribution in [-0.2, 0) is 42.2 Å². The first kappa shape index (κ1) is 31.1. The Labute approximate surface area is 262 Å². The number of likely N-dealkylation sites (tertiary alicyclic amines) is 1. The van der Waals surface area contributed by atoms with Gasteiger partial charge < -0.3 is 39.4 Å². The van der Waals surface area contributed by atoms with E-state index in [0.29, 0.717) is 35.5 Å². The quantitative estimate of drug-likeness (QED) is 0.377. The lowest BCUT2D eigenvalue weighted by molar-refractivity contribution is -0.169. The fourth-order valence-corrected chi connectivity index (χ4v) is 7.47. The van der Waals surface area contributed by atoms with E-state index in [2.05, 4.69) is 10.2 Å². The smallest absolute Gasteiger partial charge is 0.481 e. The topological polar surface area (TPSA) is 144 Å². The number of rotatable bonds is 8. The highest BCUT2D eigenvalue weighted by Gasteiger charge is 2.71. The standard InChI is InChI=1S/C34H40N2O9/c1-32(2,3)45-31(40)44-28(20-8-6-5-7-9-20)30(39)35-16-13-25(38)42-23-12-14-34(41)24-18-21-10-11-22(19-37)27-26(21)33(34,29(23)43-27)15-17-36(24)4/h5-12,24,28-29,37,41H,13-19H2,1-4H3,(H,35,39)/t24-,28+,29+,33+,34-/m1/s1. The number of aliphatic hydroxyl groups is 2. The number of carbonyl (C=O) groups excluding carboxylic acids is 3. The summed E-state index contributed by atoms with van der Waals surface area (Å²) in [5.74, 6) is -0.314. The summed E-state index contributed by atoms with van der Waals surface area (Å²) in [4.78, 5) is 40.8. The molecule has 2 aliphatic carbocycles. The first-order valence-corrected chi connectivity index (χ1v) is 15.4. The molecule has 240 valence electrons. The van der Waals surface area contributed by atoms with Gasteiger partial charge in [0.15, 0.2) is 6.10 Å². The zero-order valence-corrected chi connectivity index (χ0v) is 26.0. The van der Waals surface area contributed by atoms with Crippen LogP contribution in [0.1, 0.15) is 68.4 Å². The number of piperidine rings is 1. The third kappa shape index (κ3) is 5.26. The zero-order valence-electron chi connectivity index (χ0n) is 26.0. The van der Waals surface area contributed by atoms with Gasteiger partial charge >= 0.3 is 12.1 Å². The number of hydrogen-bond acceptors (Lipinski definition) is 10. The van der Waals surface area contributed by atoms with Crippen molar-refractivity contribution in [1.82, 2.24) is 10.2 Å². The van der Waals surface area contributed by atoms with E-state index in [1.54, 1.807) is 57.2 Å². The molecule has 4 aliphatic rings. The number of ether oxygens (including phenoxy) is 4. The highest BCUT2D eigenvalue weighted by molar-refractivity contribution is 5.84. The number of likely N-dealkylation sites (N-methyl/N-ethyl adjacent to an activating group) is 1. The zero-order chi connectivity index (χ0) is 32.1. The van der Waals surface area contributed by atoms with Crippen molar-refractivity contribution in [3.63, 3.8) is 0 Å². The first-order chi connectivity index (χ1) is 21.4. The molecule has 45 heavy (non-hydrogen) atoms. The number of hydrogen-bond donors (Lipinski definition) is 3. The second kappa shape index (κ2) is 11.5. The van der Waals surface area contributed by atoms with Gasteiger partial charge in [-0.1, -0.05) is 42.5 Å². The second-order valence-electron chi connectivity index (χ2n) is 13.3. The van der Waals surface area contributed by atoms with Gasteiger partial charge in [-0.25, -0.2) is 4.79 Å². The van der Waals surface area contributed by atoms with E-state index in [1.165, 1.54) is 0 Å². The van der Waals surface area contributed by atoms with Crippen LogP contribution in [0, 0.1) is 0 Å². The summed E-state index contributed by atoms with van der Waals surface area (Å²) in [6.45, 7) is 5.53. The Morgan fingerprint density at radius 2 is 1.91 bits per heavy atom. The Morgan fingerprint density at radius 1 is 1.16 bits per heavy atom. The van der Waals surface area contributed by atoms with E-state index in [9.17, 15) is 24.6 Å². The van der Waals surface area contributed by atoms with Crippen LogP contribution in [0.3, 0.4) is 0 Å². The van der Waals surface area contributed by atoms with E-state index in [0.717, 1.165) is 17.7 Å². The molecule has 0 saturated carbocycles. The third-order valence-corrected chi connectivity index (χ3v) is 9.43. The molecule has 3 N–H and O–H groups in total. The fraction of sp³-hybridized carbons (Fsp3) is 0.500. The number of nitrogens with zero attached hydrogens (tertiary/aromatic N) is 1. The molecule has 1 amide bonds. The number of aliphatic hydroxyl groups excluding tert-OH is 1. The van der Waals surface area contributed by atoms with Crippen LogP contribution in [0.5, 0.6) is 5.75 Å². The first-order valence-electron chi connectivity index (χ1n) is 15.4. The van der Waals surface area contributed by atoms with Gasteiger partial charge in [0.25, 0.3) is 5.91 Å². The lowest BCUT2D eigenvalue weighted by Crippen LogP contribution is -2.74. The Kier molecular flexibility index (Phi) is 7.91. The molecule has 2 aliphatic heterocycles. The summed E-state index contributed by atoms with van der Waals surface area (Å²) in [7, 11) is 2.02. The van der Waals surface area contributed by atoms with Gasteiger partial charge in [0.05, 0.1) is 24.0 Å². The number of benzene rings is 2. The SMILES string of the molecule is CN1CC[C@]23c4c5ccc(CO)c4O[C@H]2C(OC(=O)CCNC(=O)[C@@H](OC(=O)OC(C)(C)C)c2ccccc2)=CC[C@@]3(O)[C@H]1C5. The van der Waals surface area contributed by atoms with Crippen LogP contribution < -0.4 is 10.1 Å². The van der Waals surface area contributed by atoms with Gasteiger partial charge in [-0.2, -0.15) is 0 Å². The van der Waals surface area contributed by atoms with Crippen molar-refractivity contribution in [2.24, 2.45) is 0 Å². The predicted octanol–water partition coefficient (Wildman–Crippen LogP) is 3.20. The second-order valence-corrected chi connectivity index (χ2v) is 13.3. The van der Waals surface area contributed by atoms with Gasteiger partial charge in [-0.05, 0) is 58.8 Å². The molecule has 2 bridgehead atoms. The van der Waals surface area contributed by atoms with E-state index in [-0.39, 0.29) is 32.0 Å². The van der Waals surface area contributed by atoms with E-state index in [4.69, 9.17) is 18.9 Å². The summed E-state index contributed by atoms with van der Waals surface area (Å²) in [6.07, 6.45) is 0.107. The van der Waals surface area contributed by atoms with E-state index >= 15 is 0 Å². The summed E-state index contributed by atoms with van der Waals surface area (Å²) >= 11 is 0. The minimum Gasteiger partial charge on any atom is -0.481 e. The summed E-state index contributed by atoms with van der Waals surface area (Å²) in [5, 5.41) is 25.1. The largest absolute Gasteiger partial charge is 0.509 e. The van der Waals surface area contributed by atoms with Crippen molar-refractivity contribution in [3.8, 4) is 5.75 Å². The lowest BCUT2D eigenvalue weighted by Gasteiger charge is -2.61. The Morgan fingerprint density at radius 3 is 2.62 bits per heavy atom. The van der Waals surface area contributed by atoms with Crippen LogP contribution in [0.4, 0.5) is 4.79 Å². The third-order valence-electron chi connectivity index (χ3n) is 9.43. The van der Waals surface area contributed by atoms with Crippen molar-refractivity contribution >= 4 is 18.0 Å². The van der Waals surface area contributed by atoms with Crippen LogP contribution in [0.15, 0.2) is 54.3 Å². The number of esters is 1. The van der Waals surface area contributed by atoms with Gasteiger partial charge in [0, 0.05) is 35.7 Å². The molecule has 0 unspecified atom stereocenters. The van der Waals surface area contributed by atoms with E-state index in [1.807, 2.05) is 19.2 Å². The van der Waals surface area contributed by atoms with Crippen molar-refractivity contribution in [2.75, 3.05) is 20.1 Å². The van der Waals surface area contributed by atoms with Crippen LogP contribution in [-0.4, -0.2) is 76.6 Å². The molecule has 1 spiro atoms. The van der Waals surface area contributed by atoms with E-state index < -0.39 is 46.9 Å². The van der Waals surface area contributed by atoms with Crippen LogP contribution in [0.2, 0.25) is 0 Å². The molecule has 2 aromatic rings. The van der Waals surface area contributed by atoms with Crippen molar-refractivity contribution < 1.29 is 43.5 Å². The van der Waals surface area contributed by atoms with Gasteiger partial charge in [0.1, 0.15) is 17.1 Å². The molecule has 6 rings (SSSR count). The average molecular weight is 621 g/mol. The molecule has 2 aromatic carbocycles. The molecule has 1 fully saturated rings. The molecule has 0 radical (unpaired) electrons. The molecular formula is C34H40N2O9. The van der Waals surface area contributed by atoms with Crippen molar-refractivity contribution in [3.05, 3.63) is 76.6 Å². The Hall–Kier alpha value is -3.93. The summed E-state index contributed by atoms with van der Waals surface area (Å²) < 4.78 is 23.0. The molecule has 1 saturated heterocycles. The highest BCUT2D eigenvalue weighted by atomic mass is 16.7. The molecule has 5 atom stereocenters. The normalized spacial score (nSPS) is 26.9. The van der Waals surface area contributed by atoms with Gasteiger partial charge in [0.2, 0.25) is 6.10 Å². The van der Waals surface area contributed by atoms with Gasteiger partial charge in [-0.3, -0.25) is 9.59 Å². The van der Waals surface area contributed by atoms with Crippen molar-refractivity contribution in [1.29, 1.82) is 0 Å². The van der Waals surface area contributed by atoms with Gasteiger partial charge in [-0.15, -0.1) is 0 Å². The maximum absolute atomic E-state index is 13.1.